The summed E-state index contributed by atoms with van der Waals surface area (Å²) in [6.45, 7) is 0.0691. The summed E-state index contributed by atoms with van der Waals surface area (Å²) in [6, 6.07) is 1.14. The van der Waals surface area contributed by atoms with Gasteiger partial charge in [-0.3, -0.25) is 15.0 Å². The molecule has 1 heterocycles. The van der Waals surface area contributed by atoms with Gasteiger partial charge in [-0.2, -0.15) is 0 Å². The van der Waals surface area contributed by atoms with Crippen molar-refractivity contribution >= 4 is 33.6 Å². The standard InChI is InChI=1S/C10H7BrF2N2O2/c11-5-3-8(7(13)4-6(5)12)15-2-1-9(16)14-10(15)17/h3-4H,1-2H2,(H,14,16,17). The predicted molar refractivity (Wildman–Crippen MR) is 59.6 cm³/mol. The van der Waals surface area contributed by atoms with E-state index in [-0.39, 0.29) is 23.1 Å². The van der Waals surface area contributed by atoms with Crippen LogP contribution in [0.3, 0.4) is 0 Å². The van der Waals surface area contributed by atoms with E-state index in [1.165, 1.54) is 6.07 Å². The summed E-state index contributed by atoms with van der Waals surface area (Å²) in [7, 11) is 0. The van der Waals surface area contributed by atoms with Crippen molar-refractivity contribution in [2.75, 3.05) is 11.4 Å². The normalized spacial score (nSPS) is 16.1. The molecule has 0 aromatic heterocycles. The molecule has 0 radical (unpaired) electrons. The molecule has 17 heavy (non-hydrogen) atoms. The fourth-order valence-corrected chi connectivity index (χ4v) is 1.84. The number of anilines is 1. The zero-order valence-electron chi connectivity index (χ0n) is 8.47. The summed E-state index contributed by atoms with van der Waals surface area (Å²) in [5.41, 5.74) is -0.0664. The second-order valence-electron chi connectivity index (χ2n) is 3.47. The summed E-state index contributed by atoms with van der Waals surface area (Å²) in [5, 5.41) is 2.06. The number of carbonyl (C=O) groups excluding carboxylic acids is 2. The number of rotatable bonds is 1. The van der Waals surface area contributed by atoms with Crippen LogP contribution in [0.1, 0.15) is 6.42 Å². The first-order valence-corrected chi connectivity index (χ1v) is 5.54. The van der Waals surface area contributed by atoms with Gasteiger partial charge in [0, 0.05) is 19.0 Å². The molecule has 1 aromatic rings. The second kappa shape index (κ2) is 4.40. The van der Waals surface area contributed by atoms with Crippen LogP contribution in [0.15, 0.2) is 16.6 Å². The van der Waals surface area contributed by atoms with Crippen LogP contribution in [0.4, 0.5) is 19.3 Å². The van der Waals surface area contributed by atoms with E-state index in [1.807, 2.05) is 0 Å². The smallest absolute Gasteiger partial charge is 0.291 e. The number of halogens is 3. The lowest BCUT2D eigenvalue weighted by atomic mass is 10.2. The summed E-state index contributed by atoms with van der Waals surface area (Å²) in [4.78, 5) is 23.5. The number of benzene rings is 1. The minimum absolute atomic E-state index is 0.0543. The Bertz CT molecular complexity index is 507. The summed E-state index contributed by atoms with van der Waals surface area (Å²) < 4.78 is 26.6. The van der Waals surface area contributed by atoms with Gasteiger partial charge in [0.1, 0.15) is 11.6 Å². The average Bonchev–Trinajstić information content (AvgIpc) is 2.24. The maximum absolute atomic E-state index is 13.5. The van der Waals surface area contributed by atoms with Gasteiger partial charge in [-0.25, -0.2) is 13.6 Å². The number of amides is 3. The first-order valence-electron chi connectivity index (χ1n) is 4.75. The lowest BCUT2D eigenvalue weighted by molar-refractivity contribution is -0.120. The molecule has 0 saturated carbocycles. The number of nitrogens with zero attached hydrogens (tertiary/aromatic N) is 1. The maximum Gasteiger partial charge on any atom is 0.328 e. The molecule has 3 amide bonds. The molecule has 7 heteroatoms. The molecule has 0 atom stereocenters. The van der Waals surface area contributed by atoms with Crippen LogP contribution in [0, 0.1) is 11.6 Å². The lowest BCUT2D eigenvalue weighted by Crippen LogP contribution is -2.49. The largest absolute Gasteiger partial charge is 0.328 e. The first kappa shape index (κ1) is 12.0. The molecule has 0 aliphatic carbocycles. The number of urea groups is 1. The van der Waals surface area contributed by atoms with Gasteiger partial charge < -0.3 is 0 Å². The molecular weight excluding hydrogens is 298 g/mol. The van der Waals surface area contributed by atoms with Crippen molar-refractivity contribution < 1.29 is 18.4 Å². The molecule has 1 saturated heterocycles. The highest BCUT2D eigenvalue weighted by atomic mass is 79.9. The van der Waals surface area contributed by atoms with Gasteiger partial charge in [0.05, 0.1) is 10.2 Å². The van der Waals surface area contributed by atoms with Crippen LogP contribution in [-0.2, 0) is 4.79 Å². The first-order chi connectivity index (χ1) is 7.99. The fraction of sp³-hybridized carbons (Fsp3) is 0.200. The summed E-state index contributed by atoms with van der Waals surface area (Å²) in [5.74, 6) is -2.01. The third kappa shape index (κ3) is 2.28. The highest BCUT2D eigenvalue weighted by Gasteiger charge is 2.26. The van der Waals surface area contributed by atoms with Crippen molar-refractivity contribution in [2.45, 2.75) is 6.42 Å². The number of nitrogens with one attached hydrogen (secondary N) is 1. The van der Waals surface area contributed by atoms with E-state index in [9.17, 15) is 18.4 Å². The minimum Gasteiger partial charge on any atom is -0.291 e. The lowest BCUT2D eigenvalue weighted by Gasteiger charge is -2.26. The van der Waals surface area contributed by atoms with Gasteiger partial charge in [0.2, 0.25) is 5.91 Å². The highest BCUT2D eigenvalue weighted by Crippen LogP contribution is 2.27. The van der Waals surface area contributed by atoms with E-state index in [4.69, 9.17) is 0 Å². The fourth-order valence-electron chi connectivity index (χ4n) is 1.51. The van der Waals surface area contributed by atoms with Crippen LogP contribution in [0.5, 0.6) is 0 Å². The van der Waals surface area contributed by atoms with Crippen molar-refractivity contribution in [3.8, 4) is 0 Å². The van der Waals surface area contributed by atoms with Crippen molar-refractivity contribution in [2.24, 2.45) is 0 Å². The highest BCUT2D eigenvalue weighted by molar-refractivity contribution is 9.10. The summed E-state index contributed by atoms with van der Waals surface area (Å²) >= 11 is 2.91. The van der Waals surface area contributed by atoms with E-state index in [1.54, 1.807) is 0 Å². The van der Waals surface area contributed by atoms with Gasteiger partial charge >= 0.3 is 6.03 Å². The molecule has 1 aliphatic heterocycles. The van der Waals surface area contributed by atoms with Gasteiger partial charge in [0.15, 0.2) is 0 Å². The molecule has 0 bridgehead atoms. The topological polar surface area (TPSA) is 49.4 Å². The molecule has 2 rings (SSSR count). The van der Waals surface area contributed by atoms with Gasteiger partial charge in [0.25, 0.3) is 0 Å². The average molecular weight is 305 g/mol. The number of hydrogen-bond donors (Lipinski definition) is 1. The Labute approximate surface area is 104 Å². The molecule has 1 aromatic carbocycles. The Hall–Kier alpha value is -1.50. The van der Waals surface area contributed by atoms with Crippen LogP contribution in [0.2, 0.25) is 0 Å². The predicted octanol–water partition coefficient (Wildman–Crippen LogP) is 2.17. The molecule has 1 fully saturated rings. The number of imide groups is 1. The monoisotopic (exact) mass is 304 g/mol. The molecule has 90 valence electrons. The van der Waals surface area contributed by atoms with E-state index in [0.29, 0.717) is 6.07 Å². The van der Waals surface area contributed by atoms with Gasteiger partial charge in [-0.1, -0.05) is 0 Å². The molecular formula is C10H7BrF2N2O2. The zero-order chi connectivity index (χ0) is 12.6. The molecule has 1 N–H and O–H groups in total. The Morgan fingerprint density at radius 3 is 2.59 bits per heavy atom. The third-order valence-electron chi connectivity index (χ3n) is 2.33. The maximum atomic E-state index is 13.5. The van der Waals surface area contributed by atoms with E-state index in [2.05, 4.69) is 21.2 Å². The van der Waals surface area contributed by atoms with E-state index in [0.717, 1.165) is 4.90 Å². The van der Waals surface area contributed by atoms with Crippen LogP contribution >= 0.6 is 15.9 Å². The minimum atomic E-state index is -0.852. The Morgan fingerprint density at radius 1 is 1.24 bits per heavy atom. The van der Waals surface area contributed by atoms with Gasteiger partial charge in [-0.05, 0) is 22.0 Å². The number of hydrogen-bond acceptors (Lipinski definition) is 2. The van der Waals surface area contributed by atoms with Crippen molar-refractivity contribution in [1.29, 1.82) is 0 Å². The Morgan fingerprint density at radius 2 is 1.94 bits per heavy atom. The Balaban J connectivity index is 2.37. The van der Waals surface area contributed by atoms with Crippen molar-refractivity contribution in [1.82, 2.24) is 5.32 Å². The van der Waals surface area contributed by atoms with Crippen LogP contribution < -0.4 is 10.2 Å². The second-order valence-corrected chi connectivity index (χ2v) is 4.33. The Kier molecular flexibility index (Phi) is 3.10. The number of carbonyl (C=O) groups is 2. The van der Waals surface area contributed by atoms with E-state index < -0.39 is 23.6 Å². The third-order valence-corrected chi connectivity index (χ3v) is 2.94. The van der Waals surface area contributed by atoms with Crippen molar-refractivity contribution in [3.63, 3.8) is 0 Å². The summed E-state index contributed by atoms with van der Waals surface area (Å²) in [6.07, 6.45) is 0.0835. The SMILES string of the molecule is O=C1CCN(c2cc(Br)c(F)cc2F)C(=O)N1. The molecule has 0 unspecified atom stereocenters. The molecule has 1 aliphatic rings. The molecule has 4 nitrogen and oxygen atoms in total. The van der Waals surface area contributed by atoms with Crippen LogP contribution in [0.25, 0.3) is 0 Å². The van der Waals surface area contributed by atoms with Gasteiger partial charge in [-0.15, -0.1) is 0 Å². The van der Waals surface area contributed by atoms with Crippen molar-refractivity contribution in [3.05, 3.63) is 28.2 Å². The zero-order valence-corrected chi connectivity index (χ0v) is 10.1. The quantitative estimate of drug-likeness (QED) is 0.809. The van der Waals surface area contributed by atoms with Crippen LogP contribution in [-0.4, -0.2) is 18.5 Å². The van der Waals surface area contributed by atoms with E-state index >= 15 is 0 Å². The molecule has 0 spiro atoms.